The molecule has 9 heteroatoms. The molecule has 2 unspecified atom stereocenters. The number of nitrogens with zero attached hydrogens (tertiary/aromatic N) is 1. The average molecular weight is 497 g/mol. The van der Waals surface area contributed by atoms with Crippen LogP contribution in [0.25, 0.3) is 6.08 Å². The van der Waals surface area contributed by atoms with Gasteiger partial charge in [-0.1, -0.05) is 25.5 Å². The zero-order chi connectivity index (χ0) is 26.7. The molecule has 0 saturated heterocycles. The largest absolute Gasteiger partial charge is 0.507 e. The van der Waals surface area contributed by atoms with Gasteiger partial charge in [0.1, 0.15) is 5.75 Å². The van der Waals surface area contributed by atoms with Crippen molar-refractivity contribution in [2.45, 2.75) is 51.2 Å². The van der Waals surface area contributed by atoms with E-state index >= 15 is 0 Å². The van der Waals surface area contributed by atoms with Crippen LogP contribution in [0.15, 0.2) is 12.1 Å². The number of aliphatic hydroxyl groups is 1. The van der Waals surface area contributed by atoms with E-state index in [1.807, 2.05) is 13.0 Å². The van der Waals surface area contributed by atoms with Crippen molar-refractivity contribution in [2.75, 3.05) is 14.1 Å². The van der Waals surface area contributed by atoms with Crippen molar-refractivity contribution in [1.82, 2.24) is 4.90 Å². The van der Waals surface area contributed by atoms with Crippen molar-refractivity contribution in [3.05, 3.63) is 34.4 Å². The first-order valence-electron chi connectivity index (χ1n) is 12.3. The summed E-state index contributed by atoms with van der Waals surface area (Å²) < 4.78 is 0. The highest BCUT2D eigenvalue weighted by Crippen LogP contribution is 2.51. The van der Waals surface area contributed by atoms with E-state index in [-0.39, 0.29) is 24.2 Å². The fraction of sp³-hybridized carbons (Fsp3) is 0.519. The fourth-order valence-electron chi connectivity index (χ4n) is 6.57. The van der Waals surface area contributed by atoms with E-state index in [1.54, 1.807) is 33.2 Å². The van der Waals surface area contributed by atoms with Gasteiger partial charge in [0.15, 0.2) is 34.7 Å². The predicted molar refractivity (Wildman–Crippen MR) is 130 cm³/mol. The van der Waals surface area contributed by atoms with Crippen LogP contribution in [0.1, 0.15) is 53.7 Å². The van der Waals surface area contributed by atoms with Gasteiger partial charge in [0.05, 0.1) is 17.5 Å². The predicted octanol–water partition coefficient (Wildman–Crippen LogP) is 0.853. The number of Topliss-reactive ketones (excluding diaryl/α,β-unsaturated/α-hetero) is 4. The third-order valence-corrected chi connectivity index (χ3v) is 8.05. The summed E-state index contributed by atoms with van der Waals surface area (Å²) in [5.41, 5.74) is 4.69. The molecule has 0 bridgehead atoms. The van der Waals surface area contributed by atoms with Crippen molar-refractivity contribution in [3.8, 4) is 5.75 Å². The summed E-state index contributed by atoms with van der Waals surface area (Å²) in [6, 6.07) is 0.743. The zero-order valence-electron chi connectivity index (χ0n) is 20.9. The van der Waals surface area contributed by atoms with Crippen molar-refractivity contribution in [1.29, 1.82) is 0 Å². The third-order valence-electron chi connectivity index (χ3n) is 8.05. The lowest BCUT2D eigenvalue weighted by Crippen LogP contribution is -2.74. The van der Waals surface area contributed by atoms with Crippen LogP contribution in [0, 0.1) is 23.7 Å². The molecule has 1 aromatic rings. The van der Waals surface area contributed by atoms with E-state index in [9.17, 15) is 34.2 Å². The average Bonchev–Trinajstić information content (AvgIpc) is 2.79. The highest BCUT2D eigenvalue weighted by atomic mass is 16.3. The topological polar surface area (TPSA) is 155 Å². The summed E-state index contributed by atoms with van der Waals surface area (Å²) in [5.74, 6) is -10.2. The Balaban J connectivity index is 1.90. The van der Waals surface area contributed by atoms with E-state index in [1.165, 1.54) is 4.90 Å². The molecule has 2 saturated carbocycles. The minimum Gasteiger partial charge on any atom is -0.507 e. The summed E-state index contributed by atoms with van der Waals surface area (Å²) in [5, 5.41) is 22.6. The SMILES string of the molecule is CC=Cc1cc(CCC)c2c(c1O)C(=O)C1C(=O)[C@]3(O)C(=O)C(C(N)=O)C(=O)[C@@H](N(C)C)[C@@H]3C[C@@H]1C2. The van der Waals surface area contributed by atoms with E-state index in [0.29, 0.717) is 17.5 Å². The molecule has 4 rings (SSSR count). The number of allylic oxidation sites excluding steroid dienone is 1. The van der Waals surface area contributed by atoms with Crippen LogP contribution in [-0.4, -0.2) is 69.9 Å². The number of hydrogen-bond donors (Lipinski definition) is 3. The lowest BCUT2D eigenvalue weighted by molar-refractivity contribution is -0.181. The molecule has 192 valence electrons. The molecule has 0 heterocycles. The minimum atomic E-state index is -2.71. The van der Waals surface area contributed by atoms with Crippen molar-refractivity contribution < 1.29 is 34.2 Å². The standard InChI is InChI=1S/C27H32N2O7/c1-5-7-12-9-13(8-6-2)21(30)18-15(12)10-14-11-16-20(29(3)4)23(32)19(26(28)35)25(34)27(16,36)24(33)17(14)22(18)31/h6,8-9,14,16-17,19-20,30,36H,5,7,10-11H2,1-4H3,(H2,28,35)/t14-,16-,17?,19?,20-,27-/m0/s1. The number of primary amides is 1. The molecule has 4 N–H and O–H groups in total. The molecule has 0 radical (unpaired) electrons. The lowest BCUT2D eigenvalue weighted by atomic mass is 9.52. The number of fused-ring (bicyclic) bond motifs is 3. The normalized spacial score (nSPS) is 32.0. The number of likely N-dealkylation sites (N-methyl/N-ethyl adjacent to an activating group) is 1. The van der Waals surface area contributed by atoms with Crippen LogP contribution < -0.4 is 5.73 Å². The summed E-state index contributed by atoms with van der Waals surface area (Å²) in [6.07, 6.45) is 5.20. The molecule has 3 aliphatic rings. The monoisotopic (exact) mass is 496 g/mol. The second-order valence-corrected chi connectivity index (χ2v) is 10.4. The number of nitrogens with two attached hydrogens (primary N) is 1. The fourth-order valence-corrected chi connectivity index (χ4v) is 6.57. The summed E-state index contributed by atoms with van der Waals surface area (Å²) >= 11 is 0. The van der Waals surface area contributed by atoms with E-state index in [0.717, 1.165) is 12.0 Å². The van der Waals surface area contributed by atoms with Crippen LogP contribution in [0.2, 0.25) is 0 Å². The highest BCUT2D eigenvalue weighted by Gasteiger charge is 2.69. The maximum atomic E-state index is 13.9. The van der Waals surface area contributed by atoms with E-state index in [2.05, 4.69) is 0 Å². The number of amides is 1. The molecule has 36 heavy (non-hydrogen) atoms. The second-order valence-electron chi connectivity index (χ2n) is 10.4. The summed E-state index contributed by atoms with van der Waals surface area (Å²) in [6.45, 7) is 3.78. The third kappa shape index (κ3) is 3.48. The number of aromatic hydroxyl groups is 1. The zero-order valence-corrected chi connectivity index (χ0v) is 20.9. The first-order chi connectivity index (χ1) is 16.9. The Bertz CT molecular complexity index is 1220. The van der Waals surface area contributed by atoms with Gasteiger partial charge in [-0.15, -0.1) is 0 Å². The number of ketones is 4. The number of aryl methyl sites for hydroxylation is 1. The molecule has 2 fully saturated rings. The molecule has 6 atom stereocenters. The maximum Gasteiger partial charge on any atom is 0.235 e. The minimum absolute atomic E-state index is 0.0423. The number of rotatable bonds is 5. The van der Waals surface area contributed by atoms with Gasteiger partial charge in [-0.05, 0) is 63.4 Å². The molecule has 0 aromatic heterocycles. The number of phenolic OH excluding ortho intramolecular Hbond substituents is 1. The van der Waals surface area contributed by atoms with Crippen LogP contribution >= 0.6 is 0 Å². The van der Waals surface area contributed by atoms with Gasteiger partial charge in [-0.3, -0.25) is 28.9 Å². The van der Waals surface area contributed by atoms with Gasteiger partial charge in [-0.2, -0.15) is 0 Å². The molecule has 0 spiro atoms. The molecule has 1 aromatic carbocycles. The number of carbonyl (C=O) groups excluding carboxylic acids is 5. The van der Waals surface area contributed by atoms with Gasteiger partial charge >= 0.3 is 0 Å². The quantitative estimate of drug-likeness (QED) is 0.507. The van der Waals surface area contributed by atoms with Gasteiger partial charge in [0.25, 0.3) is 0 Å². The van der Waals surface area contributed by atoms with Gasteiger partial charge < -0.3 is 15.9 Å². The number of carbonyl (C=O) groups is 5. The molecule has 3 aliphatic carbocycles. The summed E-state index contributed by atoms with van der Waals surface area (Å²) in [7, 11) is 3.13. The molecule has 9 nitrogen and oxygen atoms in total. The highest BCUT2D eigenvalue weighted by molar-refractivity contribution is 6.32. The summed E-state index contributed by atoms with van der Waals surface area (Å²) in [4.78, 5) is 67.6. The van der Waals surface area contributed by atoms with E-state index < -0.39 is 64.4 Å². The molecule has 0 aliphatic heterocycles. The Morgan fingerprint density at radius 1 is 1.22 bits per heavy atom. The Morgan fingerprint density at radius 3 is 2.44 bits per heavy atom. The first kappa shape index (κ1) is 25.9. The smallest absolute Gasteiger partial charge is 0.235 e. The number of benzene rings is 1. The Hall–Kier alpha value is -3.17. The number of phenols is 1. The lowest BCUT2D eigenvalue weighted by Gasteiger charge is -2.52. The van der Waals surface area contributed by atoms with Crippen molar-refractivity contribution in [2.24, 2.45) is 29.4 Å². The molecular weight excluding hydrogens is 464 g/mol. The molecule has 1 amide bonds. The van der Waals surface area contributed by atoms with Crippen molar-refractivity contribution >= 4 is 35.1 Å². The molecular formula is C27H32N2O7. The van der Waals surface area contributed by atoms with E-state index in [4.69, 9.17) is 5.73 Å². The van der Waals surface area contributed by atoms with Crippen LogP contribution in [0.5, 0.6) is 5.75 Å². The first-order valence-corrected chi connectivity index (χ1v) is 12.3. The maximum absolute atomic E-state index is 13.9. The second kappa shape index (κ2) is 9.05. The Kier molecular flexibility index (Phi) is 6.51. The van der Waals surface area contributed by atoms with Crippen LogP contribution in [0.3, 0.4) is 0 Å². The van der Waals surface area contributed by atoms with Gasteiger partial charge in [0.2, 0.25) is 5.91 Å². The van der Waals surface area contributed by atoms with Crippen LogP contribution in [-0.2, 0) is 32.0 Å². The Labute approximate surface area is 209 Å². The van der Waals surface area contributed by atoms with Gasteiger partial charge in [-0.25, -0.2) is 0 Å². The Morgan fingerprint density at radius 2 is 1.89 bits per heavy atom. The number of hydrogen-bond acceptors (Lipinski definition) is 8. The van der Waals surface area contributed by atoms with Crippen molar-refractivity contribution in [3.63, 3.8) is 0 Å². The van der Waals surface area contributed by atoms with Gasteiger partial charge in [0, 0.05) is 11.5 Å². The van der Waals surface area contributed by atoms with Crippen LogP contribution in [0.4, 0.5) is 0 Å².